The van der Waals surface area contributed by atoms with Gasteiger partial charge in [-0.2, -0.15) is 23.3 Å². The Labute approximate surface area is 224 Å². The molecule has 1 N–H and O–H groups in total. The highest BCUT2D eigenvalue weighted by Crippen LogP contribution is 2.37. The van der Waals surface area contributed by atoms with Crippen LogP contribution in [0.15, 0.2) is 49.2 Å². The molecule has 39 heavy (non-hydrogen) atoms. The van der Waals surface area contributed by atoms with E-state index in [9.17, 15) is 13.2 Å². The van der Waals surface area contributed by atoms with E-state index in [-0.39, 0.29) is 28.5 Å². The Balaban J connectivity index is 1.30. The number of aryl methyl sites for hydroxylation is 1. The standard InChI is InChI=1S/C25H22ClF3N8O2/c1-35-22-21(26)20(39-19-10-32-37-4-3-30-8-18(19)37)9-31-23(22)34-24(35)33-16-6-14(5-15(7-16)25(27,28)29)11-36-12-17(13-36)38-2/h3-10,17H,11-13H2,1-2H3,(H,31,33,34). The zero-order valence-electron chi connectivity index (χ0n) is 20.8. The summed E-state index contributed by atoms with van der Waals surface area (Å²) < 4.78 is 55.6. The summed E-state index contributed by atoms with van der Waals surface area (Å²) in [6, 6.07) is 3.90. The average molecular weight is 559 g/mol. The molecule has 1 saturated heterocycles. The van der Waals surface area contributed by atoms with Gasteiger partial charge in [0.2, 0.25) is 5.95 Å². The maximum Gasteiger partial charge on any atom is 0.416 e. The number of nitrogens with one attached hydrogen (secondary N) is 1. The first-order valence-corrected chi connectivity index (χ1v) is 12.3. The van der Waals surface area contributed by atoms with E-state index in [2.05, 4.69) is 25.4 Å². The minimum Gasteiger partial charge on any atom is -0.450 e. The Kier molecular flexibility index (Phi) is 6.28. The quantitative estimate of drug-likeness (QED) is 0.297. The van der Waals surface area contributed by atoms with Crippen LogP contribution in [0.2, 0.25) is 5.02 Å². The molecule has 10 nitrogen and oxygen atoms in total. The third-order valence-electron chi connectivity index (χ3n) is 6.55. The summed E-state index contributed by atoms with van der Waals surface area (Å²) in [5.74, 6) is 0.968. The number of hydrogen-bond acceptors (Lipinski definition) is 8. The number of likely N-dealkylation sites (tertiary alicyclic amines) is 1. The maximum atomic E-state index is 13.7. The van der Waals surface area contributed by atoms with Crippen LogP contribution in [0.5, 0.6) is 11.5 Å². The number of nitrogens with zero attached hydrogens (tertiary/aromatic N) is 7. The number of fused-ring (bicyclic) bond motifs is 2. The Morgan fingerprint density at radius 1 is 1.13 bits per heavy atom. The van der Waals surface area contributed by atoms with Gasteiger partial charge < -0.3 is 19.4 Å². The highest BCUT2D eigenvalue weighted by molar-refractivity contribution is 6.36. The molecule has 14 heteroatoms. The van der Waals surface area contributed by atoms with Crippen LogP contribution in [0.4, 0.5) is 24.8 Å². The molecular formula is C25H22ClF3N8O2. The molecule has 4 aromatic heterocycles. The van der Waals surface area contributed by atoms with Crippen molar-refractivity contribution in [3.8, 4) is 11.5 Å². The summed E-state index contributed by atoms with van der Waals surface area (Å²) in [6.45, 7) is 1.70. The van der Waals surface area contributed by atoms with E-state index < -0.39 is 11.7 Å². The van der Waals surface area contributed by atoms with E-state index in [1.54, 1.807) is 47.9 Å². The van der Waals surface area contributed by atoms with Crippen molar-refractivity contribution in [1.29, 1.82) is 0 Å². The van der Waals surface area contributed by atoms with E-state index >= 15 is 0 Å². The molecule has 0 atom stereocenters. The molecule has 1 aromatic carbocycles. The molecule has 5 heterocycles. The van der Waals surface area contributed by atoms with Crippen molar-refractivity contribution in [2.75, 3.05) is 25.5 Å². The topological polar surface area (TPSA) is 94.6 Å². The fourth-order valence-corrected chi connectivity index (χ4v) is 4.81. The largest absolute Gasteiger partial charge is 0.450 e. The van der Waals surface area contributed by atoms with Gasteiger partial charge >= 0.3 is 6.18 Å². The second-order valence-corrected chi connectivity index (χ2v) is 9.59. The number of rotatable bonds is 7. The number of halogens is 4. The summed E-state index contributed by atoms with van der Waals surface area (Å²) in [5, 5.41) is 7.46. The minimum atomic E-state index is -4.51. The highest BCUT2D eigenvalue weighted by Gasteiger charge is 2.32. The van der Waals surface area contributed by atoms with E-state index in [0.717, 1.165) is 12.1 Å². The normalized spacial score (nSPS) is 14.7. The number of ether oxygens (including phenoxy) is 2. The van der Waals surface area contributed by atoms with Gasteiger partial charge in [0, 0.05) is 51.9 Å². The Hall–Kier alpha value is -3.94. The number of imidazole rings is 1. The van der Waals surface area contributed by atoms with Crippen molar-refractivity contribution in [3.05, 3.63) is 65.3 Å². The fraction of sp³-hybridized carbons (Fsp3) is 0.280. The molecule has 5 aromatic rings. The number of methoxy groups -OCH3 is 1. The molecule has 202 valence electrons. The summed E-state index contributed by atoms with van der Waals surface area (Å²) in [5.41, 5.74) is 1.41. The molecule has 0 unspecified atom stereocenters. The van der Waals surface area contributed by atoms with Crippen LogP contribution in [0.1, 0.15) is 11.1 Å². The van der Waals surface area contributed by atoms with Crippen molar-refractivity contribution in [2.24, 2.45) is 7.05 Å². The van der Waals surface area contributed by atoms with Crippen LogP contribution in [-0.2, 0) is 24.5 Å². The van der Waals surface area contributed by atoms with Gasteiger partial charge in [0.1, 0.15) is 16.1 Å². The van der Waals surface area contributed by atoms with E-state index in [1.807, 2.05) is 4.90 Å². The SMILES string of the molecule is COC1CN(Cc2cc(Nc3nc4ncc(Oc5cnn6ccncc56)c(Cl)c4n3C)cc(C(F)(F)F)c2)C1. The highest BCUT2D eigenvalue weighted by atomic mass is 35.5. The summed E-state index contributed by atoms with van der Waals surface area (Å²) in [4.78, 5) is 14.9. The molecule has 0 bridgehead atoms. The van der Waals surface area contributed by atoms with Crippen molar-refractivity contribution in [1.82, 2.24) is 34.0 Å². The smallest absolute Gasteiger partial charge is 0.416 e. The van der Waals surface area contributed by atoms with Gasteiger partial charge in [-0.1, -0.05) is 11.6 Å². The molecule has 1 fully saturated rings. The second-order valence-electron chi connectivity index (χ2n) is 9.21. The van der Waals surface area contributed by atoms with Crippen molar-refractivity contribution < 1.29 is 22.6 Å². The lowest BCUT2D eigenvalue weighted by Crippen LogP contribution is -2.50. The first-order valence-electron chi connectivity index (χ1n) is 11.9. The lowest BCUT2D eigenvalue weighted by molar-refractivity contribution is -0.137. The number of pyridine rings is 1. The van der Waals surface area contributed by atoms with Gasteiger partial charge in [-0.15, -0.1) is 0 Å². The first kappa shape index (κ1) is 25.3. The molecule has 0 amide bonds. The van der Waals surface area contributed by atoms with Crippen LogP contribution in [0, 0.1) is 0 Å². The van der Waals surface area contributed by atoms with Gasteiger partial charge in [0.25, 0.3) is 0 Å². The molecule has 0 aliphatic carbocycles. The molecule has 0 radical (unpaired) electrons. The molecule has 1 aliphatic heterocycles. The van der Waals surface area contributed by atoms with Crippen LogP contribution in [0.25, 0.3) is 16.7 Å². The lowest BCUT2D eigenvalue weighted by Gasteiger charge is -2.38. The van der Waals surface area contributed by atoms with Gasteiger partial charge in [-0.25, -0.2) is 9.50 Å². The van der Waals surface area contributed by atoms with Gasteiger partial charge in [0.15, 0.2) is 17.1 Å². The lowest BCUT2D eigenvalue weighted by atomic mass is 10.1. The Morgan fingerprint density at radius 2 is 1.95 bits per heavy atom. The number of alkyl halides is 3. The molecule has 6 rings (SSSR count). The predicted molar refractivity (Wildman–Crippen MR) is 137 cm³/mol. The zero-order valence-corrected chi connectivity index (χ0v) is 21.5. The van der Waals surface area contributed by atoms with Crippen LogP contribution in [0.3, 0.4) is 0 Å². The molecule has 0 saturated carbocycles. The number of hydrogen-bond donors (Lipinski definition) is 1. The van der Waals surface area contributed by atoms with Gasteiger partial charge in [-0.3, -0.25) is 9.88 Å². The van der Waals surface area contributed by atoms with E-state index in [4.69, 9.17) is 21.1 Å². The number of benzene rings is 1. The Bertz CT molecular complexity index is 1680. The monoisotopic (exact) mass is 558 g/mol. The average Bonchev–Trinajstić information content (AvgIpc) is 3.43. The van der Waals surface area contributed by atoms with Gasteiger partial charge in [-0.05, 0) is 23.8 Å². The number of anilines is 2. The maximum absolute atomic E-state index is 13.7. The van der Waals surface area contributed by atoms with E-state index in [0.29, 0.717) is 47.6 Å². The van der Waals surface area contributed by atoms with Crippen molar-refractivity contribution in [3.63, 3.8) is 0 Å². The van der Waals surface area contributed by atoms with E-state index in [1.165, 1.54) is 12.4 Å². The summed E-state index contributed by atoms with van der Waals surface area (Å²) in [7, 11) is 3.31. The third kappa shape index (κ3) is 4.84. The van der Waals surface area contributed by atoms with Crippen LogP contribution < -0.4 is 10.1 Å². The minimum absolute atomic E-state index is 0.101. The molecular weight excluding hydrogens is 537 g/mol. The van der Waals surface area contributed by atoms with Crippen molar-refractivity contribution in [2.45, 2.75) is 18.8 Å². The third-order valence-corrected chi connectivity index (χ3v) is 6.92. The fourth-order valence-electron chi connectivity index (χ4n) is 4.51. The predicted octanol–water partition coefficient (Wildman–Crippen LogP) is 5.05. The molecule has 0 spiro atoms. The van der Waals surface area contributed by atoms with Crippen molar-refractivity contribution >= 4 is 39.9 Å². The van der Waals surface area contributed by atoms with Crippen LogP contribution >= 0.6 is 11.6 Å². The van der Waals surface area contributed by atoms with Crippen LogP contribution in [-0.4, -0.2) is 60.3 Å². The first-order chi connectivity index (χ1) is 18.7. The summed E-state index contributed by atoms with van der Waals surface area (Å²) >= 11 is 6.68. The van der Waals surface area contributed by atoms with Gasteiger partial charge in [0.05, 0.1) is 30.3 Å². The number of aromatic nitrogens is 6. The Morgan fingerprint density at radius 3 is 2.72 bits per heavy atom. The summed E-state index contributed by atoms with van der Waals surface area (Å²) in [6.07, 6.45) is 3.46. The second kappa shape index (κ2) is 9.67. The molecule has 1 aliphatic rings. The zero-order chi connectivity index (χ0) is 27.3.